The Labute approximate surface area is 150 Å². The first kappa shape index (κ1) is 21.8. The third-order valence-electron chi connectivity index (χ3n) is 3.17. The van der Waals surface area contributed by atoms with Crippen molar-refractivity contribution in [2.75, 3.05) is 6.61 Å². The molecule has 1 fully saturated rings. The van der Waals surface area contributed by atoms with Crippen molar-refractivity contribution in [3.63, 3.8) is 0 Å². The standard InChI is InChI=1S/C16H34O5Si3/c1-12-13(11-18-22(2,3)4)19-16(17)15(21-24(8,9)10)14(12)20-23(5,6)7/h13-15H,1,11H2,2-10H3. The molecule has 0 bridgehead atoms. The molecule has 8 heteroatoms. The Bertz CT molecular complexity index is 474. The molecule has 1 aliphatic rings. The number of cyclic esters (lactones) is 1. The van der Waals surface area contributed by atoms with Gasteiger partial charge in [-0.1, -0.05) is 6.58 Å². The van der Waals surface area contributed by atoms with Crippen LogP contribution in [0.25, 0.3) is 0 Å². The Morgan fingerprint density at radius 3 is 1.75 bits per heavy atom. The summed E-state index contributed by atoms with van der Waals surface area (Å²) < 4.78 is 23.9. The monoisotopic (exact) mass is 390 g/mol. The predicted octanol–water partition coefficient (Wildman–Crippen LogP) is 3.76. The lowest BCUT2D eigenvalue weighted by molar-refractivity contribution is -0.169. The minimum Gasteiger partial charge on any atom is -0.453 e. The highest BCUT2D eigenvalue weighted by Crippen LogP contribution is 2.30. The van der Waals surface area contributed by atoms with Crippen LogP contribution in [0.2, 0.25) is 58.9 Å². The van der Waals surface area contributed by atoms with Crippen molar-refractivity contribution in [1.82, 2.24) is 0 Å². The first-order valence-corrected chi connectivity index (χ1v) is 18.7. The second-order valence-electron chi connectivity index (χ2n) is 9.23. The van der Waals surface area contributed by atoms with Gasteiger partial charge in [-0.05, 0) is 64.5 Å². The van der Waals surface area contributed by atoms with Crippen molar-refractivity contribution in [3.05, 3.63) is 12.2 Å². The van der Waals surface area contributed by atoms with E-state index in [9.17, 15) is 4.79 Å². The van der Waals surface area contributed by atoms with Crippen LogP contribution >= 0.6 is 0 Å². The Kier molecular flexibility index (Phi) is 6.85. The highest BCUT2D eigenvalue weighted by molar-refractivity contribution is 6.70. The van der Waals surface area contributed by atoms with Gasteiger partial charge in [-0.25, -0.2) is 4.79 Å². The topological polar surface area (TPSA) is 54.0 Å². The lowest BCUT2D eigenvalue weighted by atomic mass is 9.98. The molecule has 3 unspecified atom stereocenters. The van der Waals surface area contributed by atoms with Crippen LogP contribution in [0.5, 0.6) is 0 Å². The van der Waals surface area contributed by atoms with Crippen LogP contribution < -0.4 is 0 Å². The van der Waals surface area contributed by atoms with E-state index in [1.54, 1.807) is 0 Å². The zero-order valence-corrected chi connectivity index (χ0v) is 19.7. The van der Waals surface area contributed by atoms with E-state index in [0.29, 0.717) is 6.61 Å². The minimum absolute atomic E-state index is 0.339. The van der Waals surface area contributed by atoms with Gasteiger partial charge in [0, 0.05) is 0 Å². The number of esters is 1. The van der Waals surface area contributed by atoms with Crippen LogP contribution in [0.3, 0.4) is 0 Å². The van der Waals surface area contributed by atoms with Gasteiger partial charge in [0.1, 0.15) is 12.2 Å². The summed E-state index contributed by atoms with van der Waals surface area (Å²) in [5, 5.41) is 0. The lowest BCUT2D eigenvalue weighted by Gasteiger charge is -2.42. The SMILES string of the molecule is C=C1C(CO[Si](C)(C)C)OC(=O)C(O[Si](C)(C)C)C1O[Si](C)(C)C. The van der Waals surface area contributed by atoms with Crippen molar-refractivity contribution < 1.29 is 22.8 Å². The van der Waals surface area contributed by atoms with Crippen LogP contribution in [0, 0.1) is 0 Å². The molecule has 24 heavy (non-hydrogen) atoms. The van der Waals surface area contributed by atoms with Crippen LogP contribution in [0.1, 0.15) is 0 Å². The molecular weight excluding hydrogens is 356 g/mol. The van der Waals surface area contributed by atoms with Gasteiger partial charge in [0.05, 0.1) is 6.61 Å². The Morgan fingerprint density at radius 2 is 1.33 bits per heavy atom. The van der Waals surface area contributed by atoms with Crippen LogP contribution in [-0.2, 0) is 22.8 Å². The number of hydrogen-bond donors (Lipinski definition) is 0. The van der Waals surface area contributed by atoms with Gasteiger partial charge in [0.15, 0.2) is 31.1 Å². The van der Waals surface area contributed by atoms with Gasteiger partial charge in [-0.2, -0.15) is 0 Å². The quantitative estimate of drug-likeness (QED) is 0.376. The average Bonchev–Trinajstić information content (AvgIpc) is 2.32. The van der Waals surface area contributed by atoms with E-state index in [4.69, 9.17) is 18.0 Å². The van der Waals surface area contributed by atoms with Crippen LogP contribution in [-0.4, -0.2) is 55.8 Å². The maximum atomic E-state index is 12.6. The van der Waals surface area contributed by atoms with Gasteiger partial charge >= 0.3 is 5.97 Å². The first-order valence-electron chi connectivity index (χ1n) is 8.48. The molecule has 0 N–H and O–H groups in total. The smallest absolute Gasteiger partial charge is 0.337 e. The van der Waals surface area contributed by atoms with Gasteiger partial charge in [-0.15, -0.1) is 0 Å². The maximum Gasteiger partial charge on any atom is 0.337 e. The average molecular weight is 391 g/mol. The minimum atomic E-state index is -1.93. The molecule has 1 aliphatic heterocycles. The summed E-state index contributed by atoms with van der Waals surface area (Å²) in [5.74, 6) is -0.364. The molecule has 0 aromatic carbocycles. The number of rotatable bonds is 7. The third-order valence-corrected chi connectivity index (χ3v) is 6.13. The van der Waals surface area contributed by atoms with Crippen LogP contribution in [0.15, 0.2) is 12.2 Å². The molecule has 0 amide bonds. The normalized spacial score (nSPS) is 26.5. The molecule has 0 aromatic heterocycles. The lowest BCUT2D eigenvalue weighted by Crippen LogP contribution is -2.56. The summed E-state index contributed by atoms with van der Waals surface area (Å²) in [4.78, 5) is 12.6. The van der Waals surface area contributed by atoms with Crippen molar-refractivity contribution in [1.29, 1.82) is 0 Å². The molecule has 0 saturated carbocycles. The predicted molar refractivity (Wildman–Crippen MR) is 105 cm³/mol. The second-order valence-corrected chi connectivity index (χ2v) is 22.7. The second kappa shape index (κ2) is 7.55. The highest BCUT2D eigenvalue weighted by Gasteiger charge is 2.46. The largest absolute Gasteiger partial charge is 0.453 e. The third kappa shape index (κ3) is 7.32. The number of hydrogen-bond acceptors (Lipinski definition) is 5. The van der Waals surface area contributed by atoms with E-state index in [0.717, 1.165) is 5.57 Å². The van der Waals surface area contributed by atoms with Gasteiger partial charge in [0.25, 0.3) is 0 Å². The van der Waals surface area contributed by atoms with Gasteiger partial charge in [-0.3, -0.25) is 0 Å². The molecule has 0 aliphatic carbocycles. The Morgan fingerprint density at radius 1 is 0.875 bits per heavy atom. The van der Waals surface area contributed by atoms with E-state index in [1.165, 1.54) is 0 Å². The highest BCUT2D eigenvalue weighted by atomic mass is 28.4. The number of carbonyl (C=O) groups excluding carboxylic acids is 1. The Hall–Kier alpha value is -0.259. The van der Waals surface area contributed by atoms with Gasteiger partial charge < -0.3 is 18.0 Å². The molecule has 0 radical (unpaired) electrons. The van der Waals surface area contributed by atoms with Crippen molar-refractivity contribution in [2.45, 2.75) is 77.2 Å². The molecule has 1 saturated heterocycles. The molecule has 0 aromatic rings. The molecular formula is C16H34O5Si3. The van der Waals surface area contributed by atoms with E-state index in [1.807, 2.05) is 0 Å². The molecule has 0 spiro atoms. The fourth-order valence-electron chi connectivity index (χ4n) is 2.26. The summed E-state index contributed by atoms with van der Waals surface area (Å²) in [6.07, 6.45) is -1.65. The Balaban J connectivity index is 3.00. The van der Waals surface area contributed by atoms with E-state index >= 15 is 0 Å². The molecule has 1 heterocycles. The molecule has 5 nitrogen and oxygen atoms in total. The first-order chi connectivity index (χ1) is 10.6. The van der Waals surface area contributed by atoms with Crippen molar-refractivity contribution >= 4 is 30.9 Å². The molecule has 3 atom stereocenters. The van der Waals surface area contributed by atoms with E-state index < -0.39 is 43.3 Å². The zero-order valence-electron chi connectivity index (χ0n) is 16.7. The zero-order chi connectivity index (χ0) is 18.9. The molecule has 1 rings (SSSR count). The number of carbonyl (C=O) groups is 1. The van der Waals surface area contributed by atoms with Crippen molar-refractivity contribution in [3.8, 4) is 0 Å². The van der Waals surface area contributed by atoms with Crippen molar-refractivity contribution in [2.24, 2.45) is 0 Å². The fraction of sp³-hybridized carbons (Fsp3) is 0.812. The summed E-state index contributed by atoms with van der Waals surface area (Å²) in [7, 11) is -5.53. The van der Waals surface area contributed by atoms with E-state index in [2.05, 4.69) is 65.5 Å². The summed E-state index contributed by atoms with van der Waals surface area (Å²) in [6.45, 7) is 23.3. The fourth-order valence-corrected chi connectivity index (χ4v) is 4.93. The molecule has 140 valence electrons. The summed E-state index contributed by atoms with van der Waals surface area (Å²) in [6, 6.07) is 0. The number of ether oxygens (including phenoxy) is 1. The van der Waals surface area contributed by atoms with Crippen LogP contribution in [0.4, 0.5) is 0 Å². The summed E-state index contributed by atoms with van der Waals surface area (Å²) in [5.41, 5.74) is 0.749. The van der Waals surface area contributed by atoms with Gasteiger partial charge in [0.2, 0.25) is 0 Å². The van der Waals surface area contributed by atoms with E-state index in [-0.39, 0.29) is 5.97 Å². The summed E-state index contributed by atoms with van der Waals surface area (Å²) >= 11 is 0. The maximum absolute atomic E-state index is 12.6.